The Balaban J connectivity index is 1.96. The summed E-state index contributed by atoms with van der Waals surface area (Å²) < 4.78 is 8.12. The molecule has 0 radical (unpaired) electrons. The molecular weight excluding hydrogens is 286 g/mol. The molecule has 1 aromatic carbocycles. The van der Waals surface area contributed by atoms with Crippen LogP contribution in [0.5, 0.6) is 0 Å². The molecule has 4 heteroatoms. The third-order valence-electron chi connectivity index (χ3n) is 4.10. The zero-order valence-corrected chi connectivity index (χ0v) is 13.6. The van der Waals surface area contributed by atoms with Gasteiger partial charge in [-0.05, 0) is 30.5 Å². The maximum atomic E-state index is 6.12. The second-order valence-corrected chi connectivity index (χ2v) is 6.40. The lowest BCUT2D eigenvalue weighted by Crippen LogP contribution is -1.96. The molecule has 0 amide bonds. The number of nitrogens with zero attached hydrogens (tertiary/aromatic N) is 3. The Kier molecular flexibility index (Phi) is 3.18. The Labute approximate surface area is 134 Å². The van der Waals surface area contributed by atoms with Gasteiger partial charge in [0.05, 0.1) is 5.56 Å². The summed E-state index contributed by atoms with van der Waals surface area (Å²) in [5.41, 5.74) is 3.63. The van der Waals surface area contributed by atoms with Crippen LogP contribution >= 0.6 is 0 Å². The lowest BCUT2D eigenvalue weighted by molar-refractivity contribution is 0.621. The molecule has 0 aliphatic heterocycles. The molecule has 4 nitrogen and oxygen atoms in total. The van der Waals surface area contributed by atoms with E-state index in [-0.39, 0.29) is 0 Å². The van der Waals surface area contributed by atoms with Crippen LogP contribution < -0.4 is 0 Å². The molecule has 0 fully saturated rings. The average Bonchev–Trinajstić information content (AvgIpc) is 3.09. The first-order valence-electron chi connectivity index (χ1n) is 7.92. The predicted molar refractivity (Wildman–Crippen MR) is 92.3 cm³/mol. The van der Waals surface area contributed by atoms with Crippen molar-refractivity contribution in [1.82, 2.24) is 14.5 Å². The van der Waals surface area contributed by atoms with Crippen LogP contribution in [0.4, 0.5) is 0 Å². The Hall–Kier alpha value is -2.62. The molecule has 3 aromatic heterocycles. The summed E-state index contributed by atoms with van der Waals surface area (Å²) in [6, 6.07) is 10.4. The number of furan rings is 1. The summed E-state index contributed by atoms with van der Waals surface area (Å²) in [7, 11) is 1.99. The third kappa shape index (κ3) is 2.31. The number of rotatable bonds is 3. The number of aromatic nitrogens is 3. The number of benzene rings is 1. The van der Waals surface area contributed by atoms with E-state index >= 15 is 0 Å². The standard InChI is InChI=1S/C19H19N3O/c1-12(2)11-13-7-8-15-14-5-4-6-16(17(14)23-19(15)21-13)18-20-9-10-22(18)3/h4-10,12H,11H2,1-3H3. The molecule has 3 heterocycles. The summed E-state index contributed by atoms with van der Waals surface area (Å²) >= 11 is 0. The lowest BCUT2D eigenvalue weighted by Gasteiger charge is -2.02. The van der Waals surface area contributed by atoms with E-state index in [1.807, 2.05) is 29.9 Å². The van der Waals surface area contributed by atoms with Crippen molar-refractivity contribution in [3.05, 3.63) is 48.4 Å². The number of fused-ring (bicyclic) bond motifs is 3. The molecule has 0 aliphatic carbocycles. The minimum Gasteiger partial charge on any atom is -0.437 e. The van der Waals surface area contributed by atoms with E-state index in [0.29, 0.717) is 11.6 Å². The number of hydrogen-bond acceptors (Lipinski definition) is 3. The van der Waals surface area contributed by atoms with Gasteiger partial charge in [-0.25, -0.2) is 9.97 Å². The SMILES string of the molecule is CC(C)Cc1ccc2c(n1)oc1c(-c3nccn3C)cccc12. The fraction of sp³-hybridized carbons (Fsp3) is 0.263. The van der Waals surface area contributed by atoms with Crippen LogP contribution in [0.15, 0.2) is 47.1 Å². The van der Waals surface area contributed by atoms with Gasteiger partial charge in [-0.15, -0.1) is 0 Å². The summed E-state index contributed by atoms with van der Waals surface area (Å²) in [4.78, 5) is 9.15. The zero-order valence-electron chi connectivity index (χ0n) is 13.6. The quantitative estimate of drug-likeness (QED) is 0.556. The first kappa shape index (κ1) is 14.0. The molecule has 4 rings (SSSR count). The highest BCUT2D eigenvalue weighted by Crippen LogP contribution is 2.34. The van der Waals surface area contributed by atoms with Crippen LogP contribution in [-0.2, 0) is 13.5 Å². The maximum Gasteiger partial charge on any atom is 0.227 e. The fourth-order valence-corrected chi connectivity index (χ4v) is 3.05. The third-order valence-corrected chi connectivity index (χ3v) is 4.10. The molecule has 0 bridgehead atoms. The van der Waals surface area contributed by atoms with Crippen molar-refractivity contribution in [2.75, 3.05) is 0 Å². The van der Waals surface area contributed by atoms with Crippen molar-refractivity contribution >= 4 is 22.1 Å². The summed E-state index contributed by atoms with van der Waals surface area (Å²) in [6.45, 7) is 4.40. The molecule has 0 aliphatic rings. The summed E-state index contributed by atoms with van der Waals surface area (Å²) in [6.07, 6.45) is 4.70. The Morgan fingerprint density at radius 1 is 1.13 bits per heavy atom. The number of hydrogen-bond donors (Lipinski definition) is 0. The van der Waals surface area contributed by atoms with E-state index in [1.165, 1.54) is 0 Å². The minimum atomic E-state index is 0.576. The van der Waals surface area contributed by atoms with Gasteiger partial charge in [-0.1, -0.05) is 26.0 Å². The lowest BCUT2D eigenvalue weighted by atomic mass is 10.1. The van der Waals surface area contributed by atoms with Crippen LogP contribution in [0.2, 0.25) is 0 Å². The van der Waals surface area contributed by atoms with E-state index in [4.69, 9.17) is 9.40 Å². The number of pyridine rings is 1. The predicted octanol–water partition coefficient (Wildman–Crippen LogP) is 4.58. The topological polar surface area (TPSA) is 43.9 Å². The number of aryl methyl sites for hydroxylation is 1. The van der Waals surface area contributed by atoms with Gasteiger partial charge in [0.25, 0.3) is 0 Å². The van der Waals surface area contributed by atoms with Crippen molar-refractivity contribution in [3.8, 4) is 11.4 Å². The highest BCUT2D eigenvalue weighted by Gasteiger charge is 2.15. The first-order valence-corrected chi connectivity index (χ1v) is 7.92. The average molecular weight is 305 g/mol. The van der Waals surface area contributed by atoms with Crippen LogP contribution in [0.1, 0.15) is 19.5 Å². The zero-order chi connectivity index (χ0) is 16.0. The molecule has 0 N–H and O–H groups in total. The molecule has 0 unspecified atom stereocenters. The highest BCUT2D eigenvalue weighted by atomic mass is 16.3. The van der Waals surface area contributed by atoms with E-state index in [1.54, 1.807) is 6.20 Å². The van der Waals surface area contributed by atoms with Crippen molar-refractivity contribution in [3.63, 3.8) is 0 Å². The van der Waals surface area contributed by atoms with E-state index in [2.05, 4.69) is 37.0 Å². The maximum absolute atomic E-state index is 6.12. The van der Waals surface area contributed by atoms with Gasteiger partial charge in [0.2, 0.25) is 5.71 Å². The second kappa shape index (κ2) is 5.23. The largest absolute Gasteiger partial charge is 0.437 e. The molecule has 4 aromatic rings. The number of imidazole rings is 1. The van der Waals surface area contributed by atoms with Crippen molar-refractivity contribution < 1.29 is 4.42 Å². The van der Waals surface area contributed by atoms with Crippen LogP contribution in [0, 0.1) is 5.92 Å². The van der Waals surface area contributed by atoms with Crippen LogP contribution in [0.3, 0.4) is 0 Å². The van der Waals surface area contributed by atoms with Crippen molar-refractivity contribution in [2.45, 2.75) is 20.3 Å². The normalized spacial score (nSPS) is 11.8. The Morgan fingerprint density at radius 3 is 2.74 bits per heavy atom. The summed E-state index contributed by atoms with van der Waals surface area (Å²) in [5.74, 6) is 1.48. The molecule has 0 saturated heterocycles. The molecule has 23 heavy (non-hydrogen) atoms. The van der Waals surface area contributed by atoms with Gasteiger partial charge in [0.15, 0.2) is 0 Å². The Morgan fingerprint density at radius 2 is 2.00 bits per heavy atom. The van der Waals surface area contributed by atoms with Crippen molar-refractivity contribution in [1.29, 1.82) is 0 Å². The minimum absolute atomic E-state index is 0.576. The monoisotopic (exact) mass is 305 g/mol. The van der Waals surface area contributed by atoms with Crippen LogP contribution in [-0.4, -0.2) is 14.5 Å². The van der Waals surface area contributed by atoms with E-state index < -0.39 is 0 Å². The summed E-state index contributed by atoms with van der Waals surface area (Å²) in [5, 5.41) is 2.15. The van der Waals surface area contributed by atoms with Gasteiger partial charge in [0, 0.05) is 35.9 Å². The smallest absolute Gasteiger partial charge is 0.227 e. The highest BCUT2D eigenvalue weighted by molar-refractivity contribution is 6.08. The number of para-hydroxylation sites is 1. The van der Waals surface area contributed by atoms with Crippen LogP contribution in [0.25, 0.3) is 33.5 Å². The molecule has 0 saturated carbocycles. The van der Waals surface area contributed by atoms with E-state index in [9.17, 15) is 0 Å². The van der Waals surface area contributed by atoms with Gasteiger partial charge < -0.3 is 8.98 Å². The Bertz CT molecular complexity index is 994. The molecule has 0 spiro atoms. The van der Waals surface area contributed by atoms with Gasteiger partial charge >= 0.3 is 0 Å². The second-order valence-electron chi connectivity index (χ2n) is 6.40. The van der Waals surface area contributed by atoms with E-state index in [0.717, 1.165) is 39.9 Å². The van der Waals surface area contributed by atoms with Gasteiger partial charge in [0.1, 0.15) is 11.4 Å². The molecule has 116 valence electrons. The molecular formula is C19H19N3O. The van der Waals surface area contributed by atoms with Crippen molar-refractivity contribution in [2.24, 2.45) is 13.0 Å². The fourth-order valence-electron chi connectivity index (χ4n) is 3.05. The first-order chi connectivity index (χ1) is 11.1. The van der Waals surface area contributed by atoms with Gasteiger partial charge in [-0.2, -0.15) is 0 Å². The molecule has 0 atom stereocenters. The van der Waals surface area contributed by atoms with Gasteiger partial charge in [-0.3, -0.25) is 0 Å².